The van der Waals surface area contributed by atoms with Crippen molar-refractivity contribution in [1.29, 1.82) is 0 Å². The van der Waals surface area contributed by atoms with Gasteiger partial charge in [-0.1, -0.05) is 36.4 Å². The smallest absolute Gasteiger partial charge is 0.120 e. The highest BCUT2D eigenvalue weighted by molar-refractivity contribution is 5.71. The van der Waals surface area contributed by atoms with Crippen LogP contribution < -0.4 is 0 Å². The van der Waals surface area contributed by atoms with Crippen molar-refractivity contribution in [1.82, 2.24) is 9.80 Å². The minimum Gasteiger partial charge on any atom is -0.508 e. The highest BCUT2D eigenvalue weighted by Gasteiger charge is 2.04. The molecule has 2 N–H and O–H groups in total. The summed E-state index contributed by atoms with van der Waals surface area (Å²) < 4.78 is 0. The predicted octanol–water partition coefficient (Wildman–Crippen LogP) is 3.39. The van der Waals surface area contributed by atoms with E-state index in [2.05, 4.69) is 0 Å². The van der Waals surface area contributed by atoms with E-state index in [9.17, 15) is 10.2 Å². The third-order valence-corrected chi connectivity index (χ3v) is 3.66. The van der Waals surface area contributed by atoms with Gasteiger partial charge in [0.05, 0.1) is 0 Å². The summed E-state index contributed by atoms with van der Waals surface area (Å²) in [5, 5.41) is 20.2. The molecule has 0 heterocycles. The molecule has 0 fully saturated rings. The van der Waals surface area contributed by atoms with E-state index in [4.69, 9.17) is 0 Å². The minimum atomic E-state index is 0.301. The van der Waals surface area contributed by atoms with Gasteiger partial charge in [0.1, 0.15) is 11.5 Å². The van der Waals surface area contributed by atoms with E-state index < -0.39 is 0 Å². The Hall–Kier alpha value is -2.30. The fraction of sp³-hybridized carbons (Fsp3) is 0.300. The van der Waals surface area contributed by atoms with Crippen LogP contribution in [0.25, 0.3) is 12.2 Å². The first-order chi connectivity index (χ1) is 11.3. The summed E-state index contributed by atoms with van der Waals surface area (Å²) in [5.41, 5.74) is 3.66. The van der Waals surface area contributed by atoms with Crippen LogP contribution in [0.2, 0.25) is 0 Å². The average molecular weight is 326 g/mol. The van der Waals surface area contributed by atoms with Crippen LogP contribution in [0.15, 0.2) is 36.4 Å². The van der Waals surface area contributed by atoms with Crippen LogP contribution in [0.1, 0.15) is 22.3 Å². The molecule has 0 bridgehead atoms. The molecule has 0 unspecified atom stereocenters. The lowest BCUT2D eigenvalue weighted by atomic mass is 10.1. The van der Waals surface area contributed by atoms with Gasteiger partial charge in [-0.2, -0.15) is 0 Å². The maximum Gasteiger partial charge on any atom is 0.120 e. The maximum atomic E-state index is 10.1. The second kappa shape index (κ2) is 7.99. The highest BCUT2D eigenvalue weighted by atomic mass is 16.3. The van der Waals surface area contributed by atoms with Gasteiger partial charge in [0.25, 0.3) is 0 Å². The Kier molecular flexibility index (Phi) is 6.01. The third kappa shape index (κ3) is 5.11. The maximum absolute atomic E-state index is 10.1. The second-order valence-corrected chi connectivity index (χ2v) is 6.59. The van der Waals surface area contributed by atoms with Gasteiger partial charge in [-0.15, -0.1) is 0 Å². The summed E-state index contributed by atoms with van der Waals surface area (Å²) in [4.78, 5) is 4.03. The standard InChI is InChI=1S/C20H26N2O2/c1-21(2)13-17-9-7-15(11-19(17)23)5-6-16-8-10-18(14-22(3)4)20(24)12-16/h5-12,23-24H,13-14H2,1-4H3. The van der Waals surface area contributed by atoms with Crippen molar-refractivity contribution in [3.05, 3.63) is 58.7 Å². The molecule has 24 heavy (non-hydrogen) atoms. The highest BCUT2D eigenvalue weighted by Crippen LogP contribution is 2.23. The van der Waals surface area contributed by atoms with E-state index in [1.807, 2.05) is 74.4 Å². The average Bonchev–Trinajstić information content (AvgIpc) is 2.49. The summed E-state index contributed by atoms with van der Waals surface area (Å²) >= 11 is 0. The number of hydrogen-bond donors (Lipinski definition) is 2. The van der Waals surface area contributed by atoms with Crippen LogP contribution in [-0.4, -0.2) is 48.2 Å². The van der Waals surface area contributed by atoms with Crippen molar-refractivity contribution in [2.24, 2.45) is 0 Å². The normalized spacial score (nSPS) is 11.8. The van der Waals surface area contributed by atoms with E-state index in [1.165, 1.54) is 0 Å². The van der Waals surface area contributed by atoms with Crippen molar-refractivity contribution < 1.29 is 10.2 Å². The molecule has 4 nitrogen and oxygen atoms in total. The summed E-state index contributed by atoms with van der Waals surface area (Å²) in [6.45, 7) is 1.41. The molecule has 0 aliphatic carbocycles. The van der Waals surface area contributed by atoms with E-state index in [1.54, 1.807) is 12.1 Å². The van der Waals surface area contributed by atoms with Crippen molar-refractivity contribution in [3.8, 4) is 11.5 Å². The molecule has 0 amide bonds. The number of rotatable bonds is 6. The molecule has 2 rings (SSSR count). The first-order valence-electron chi connectivity index (χ1n) is 7.96. The fourth-order valence-electron chi connectivity index (χ4n) is 2.51. The molecular formula is C20H26N2O2. The number of nitrogens with zero attached hydrogens (tertiary/aromatic N) is 2. The van der Waals surface area contributed by atoms with Crippen LogP contribution in [0.3, 0.4) is 0 Å². The molecule has 0 saturated carbocycles. The monoisotopic (exact) mass is 326 g/mol. The van der Waals surface area contributed by atoms with Crippen LogP contribution in [0.5, 0.6) is 11.5 Å². The molecule has 0 saturated heterocycles. The molecule has 2 aromatic rings. The Balaban J connectivity index is 2.13. The fourth-order valence-corrected chi connectivity index (χ4v) is 2.51. The van der Waals surface area contributed by atoms with Crippen LogP contribution in [0.4, 0.5) is 0 Å². The summed E-state index contributed by atoms with van der Waals surface area (Å²) in [7, 11) is 7.89. The SMILES string of the molecule is CN(C)Cc1ccc(C=Cc2ccc(CN(C)C)c(O)c2)cc1O. The zero-order valence-electron chi connectivity index (χ0n) is 14.8. The first kappa shape index (κ1) is 18.0. The summed E-state index contributed by atoms with van der Waals surface area (Å²) in [6, 6.07) is 11.4. The molecule has 0 aliphatic rings. The van der Waals surface area contributed by atoms with Crippen LogP contribution in [-0.2, 0) is 13.1 Å². The lowest BCUT2D eigenvalue weighted by Crippen LogP contribution is -2.10. The molecule has 0 aromatic heterocycles. The van der Waals surface area contributed by atoms with Gasteiger partial charge >= 0.3 is 0 Å². The lowest BCUT2D eigenvalue weighted by Gasteiger charge is -2.12. The number of benzene rings is 2. The van der Waals surface area contributed by atoms with Gasteiger partial charge in [0, 0.05) is 24.2 Å². The Morgan fingerprint density at radius 1 is 0.708 bits per heavy atom. The number of hydrogen-bond acceptors (Lipinski definition) is 4. The third-order valence-electron chi connectivity index (χ3n) is 3.66. The quantitative estimate of drug-likeness (QED) is 0.799. The van der Waals surface area contributed by atoms with Crippen molar-refractivity contribution >= 4 is 12.2 Å². The minimum absolute atomic E-state index is 0.301. The van der Waals surface area contributed by atoms with Gasteiger partial charge < -0.3 is 20.0 Å². The van der Waals surface area contributed by atoms with Gasteiger partial charge in [0.15, 0.2) is 0 Å². The van der Waals surface area contributed by atoms with Gasteiger partial charge in [-0.25, -0.2) is 0 Å². The Morgan fingerprint density at radius 3 is 1.38 bits per heavy atom. The lowest BCUT2D eigenvalue weighted by molar-refractivity contribution is 0.386. The summed E-state index contributed by atoms with van der Waals surface area (Å²) in [6.07, 6.45) is 3.86. The van der Waals surface area contributed by atoms with E-state index in [0.29, 0.717) is 24.6 Å². The van der Waals surface area contributed by atoms with Gasteiger partial charge in [-0.3, -0.25) is 0 Å². The Bertz CT molecular complexity index is 660. The largest absolute Gasteiger partial charge is 0.508 e. The molecule has 0 spiro atoms. The molecular weight excluding hydrogens is 300 g/mol. The van der Waals surface area contributed by atoms with Crippen molar-refractivity contribution in [2.75, 3.05) is 28.2 Å². The Labute approximate surface area is 144 Å². The molecule has 0 aliphatic heterocycles. The first-order valence-corrected chi connectivity index (χ1v) is 7.96. The van der Waals surface area contributed by atoms with Crippen LogP contribution >= 0.6 is 0 Å². The van der Waals surface area contributed by atoms with Crippen molar-refractivity contribution in [2.45, 2.75) is 13.1 Å². The second-order valence-electron chi connectivity index (χ2n) is 6.59. The van der Waals surface area contributed by atoms with Gasteiger partial charge in [-0.05, 0) is 51.5 Å². The van der Waals surface area contributed by atoms with E-state index >= 15 is 0 Å². The molecule has 0 radical (unpaired) electrons. The number of phenols is 2. The van der Waals surface area contributed by atoms with Crippen molar-refractivity contribution in [3.63, 3.8) is 0 Å². The molecule has 4 heteroatoms. The topological polar surface area (TPSA) is 46.9 Å². The molecule has 128 valence electrons. The zero-order chi connectivity index (χ0) is 17.7. The summed E-state index contributed by atoms with van der Waals surface area (Å²) in [5.74, 6) is 0.602. The molecule has 2 aromatic carbocycles. The van der Waals surface area contributed by atoms with Crippen LogP contribution in [0, 0.1) is 0 Å². The van der Waals surface area contributed by atoms with Gasteiger partial charge in [0.2, 0.25) is 0 Å². The predicted molar refractivity (Wildman–Crippen MR) is 99.9 cm³/mol. The van der Waals surface area contributed by atoms with E-state index in [-0.39, 0.29) is 0 Å². The number of phenolic OH excluding ortho intramolecular Hbond substituents is 2. The number of aromatic hydroxyl groups is 2. The molecule has 0 atom stereocenters. The zero-order valence-corrected chi connectivity index (χ0v) is 14.8. The Morgan fingerprint density at radius 2 is 1.08 bits per heavy atom. The van der Waals surface area contributed by atoms with E-state index in [0.717, 1.165) is 22.3 Å².